The maximum Gasteiger partial charge on any atom is 0.186 e. The van der Waals surface area contributed by atoms with Gasteiger partial charge < -0.3 is 14.4 Å². The third kappa shape index (κ3) is 2.94. The van der Waals surface area contributed by atoms with E-state index in [0.29, 0.717) is 5.92 Å². The minimum Gasteiger partial charge on any atom is -0.497 e. The quantitative estimate of drug-likeness (QED) is 0.720. The minimum atomic E-state index is 0.539. The Morgan fingerprint density at radius 2 is 2.17 bits per heavy atom. The van der Waals surface area contributed by atoms with Crippen LogP contribution in [0.3, 0.4) is 0 Å². The minimum absolute atomic E-state index is 0.539. The second kappa shape index (κ2) is 6.04. The van der Waals surface area contributed by atoms with E-state index in [0.717, 1.165) is 46.5 Å². The lowest BCUT2D eigenvalue weighted by molar-refractivity contribution is 0.220. The molecule has 0 bridgehead atoms. The zero-order chi connectivity index (χ0) is 15.6. The van der Waals surface area contributed by atoms with Crippen molar-refractivity contribution in [3.05, 3.63) is 42.7 Å². The maximum atomic E-state index is 5.76. The van der Waals surface area contributed by atoms with Gasteiger partial charge in [-0.2, -0.15) is 0 Å². The fourth-order valence-electron chi connectivity index (χ4n) is 2.63. The van der Waals surface area contributed by atoms with Crippen molar-refractivity contribution in [2.75, 3.05) is 31.7 Å². The Bertz CT molecular complexity index is 800. The average Bonchev–Trinajstić information content (AvgIpc) is 2.96. The lowest BCUT2D eigenvalue weighted by Crippen LogP contribution is -2.49. The molecule has 2 aromatic heterocycles. The highest BCUT2D eigenvalue weighted by Crippen LogP contribution is 2.34. The molecule has 0 aliphatic carbocycles. The molecular weight excluding hydrogens is 310 g/mol. The summed E-state index contributed by atoms with van der Waals surface area (Å²) in [5.74, 6) is 2.24. The molecule has 3 aromatic rings. The molecule has 0 spiro atoms. The number of methoxy groups -OCH3 is 1. The fraction of sp³-hybridized carbons (Fsp3) is 0.294. The van der Waals surface area contributed by atoms with E-state index in [9.17, 15) is 0 Å². The summed E-state index contributed by atoms with van der Waals surface area (Å²) in [6.45, 7) is 2.69. The van der Waals surface area contributed by atoms with Crippen LogP contribution in [0.1, 0.15) is 0 Å². The highest BCUT2D eigenvalue weighted by molar-refractivity contribution is 7.22. The van der Waals surface area contributed by atoms with Gasteiger partial charge in [0, 0.05) is 25.2 Å². The topological polar surface area (TPSA) is 47.5 Å². The maximum absolute atomic E-state index is 5.76. The smallest absolute Gasteiger partial charge is 0.186 e. The molecule has 5 nitrogen and oxygen atoms in total. The number of pyridine rings is 1. The van der Waals surface area contributed by atoms with Crippen LogP contribution in [-0.4, -0.2) is 36.8 Å². The molecule has 0 amide bonds. The Kier molecular flexibility index (Phi) is 3.75. The van der Waals surface area contributed by atoms with Crippen LogP contribution in [0.4, 0.5) is 5.13 Å². The van der Waals surface area contributed by atoms with Gasteiger partial charge in [0.15, 0.2) is 5.13 Å². The zero-order valence-electron chi connectivity index (χ0n) is 12.8. The van der Waals surface area contributed by atoms with Crippen LogP contribution in [0, 0.1) is 5.92 Å². The van der Waals surface area contributed by atoms with Gasteiger partial charge in [0.2, 0.25) is 0 Å². The normalized spacial score (nSPS) is 14.7. The van der Waals surface area contributed by atoms with Gasteiger partial charge >= 0.3 is 0 Å². The molecule has 1 aromatic carbocycles. The molecule has 6 heteroatoms. The van der Waals surface area contributed by atoms with E-state index in [1.807, 2.05) is 30.3 Å². The van der Waals surface area contributed by atoms with Crippen LogP contribution in [0.25, 0.3) is 10.2 Å². The number of anilines is 1. The summed E-state index contributed by atoms with van der Waals surface area (Å²) in [7, 11) is 1.69. The molecule has 0 N–H and O–H groups in total. The van der Waals surface area contributed by atoms with Gasteiger partial charge in [-0.15, -0.1) is 0 Å². The molecule has 118 valence electrons. The fourth-order valence-corrected chi connectivity index (χ4v) is 3.65. The van der Waals surface area contributed by atoms with E-state index in [1.165, 1.54) is 0 Å². The number of ether oxygens (including phenoxy) is 2. The van der Waals surface area contributed by atoms with E-state index in [4.69, 9.17) is 14.5 Å². The van der Waals surface area contributed by atoms with Crippen molar-refractivity contribution in [3.8, 4) is 11.5 Å². The third-order valence-electron chi connectivity index (χ3n) is 3.93. The lowest BCUT2D eigenvalue weighted by atomic mass is 10.0. The van der Waals surface area contributed by atoms with Crippen molar-refractivity contribution in [1.82, 2.24) is 9.97 Å². The van der Waals surface area contributed by atoms with E-state index in [-0.39, 0.29) is 0 Å². The molecule has 3 heterocycles. The highest BCUT2D eigenvalue weighted by atomic mass is 32.1. The summed E-state index contributed by atoms with van der Waals surface area (Å²) in [6, 6.07) is 9.82. The van der Waals surface area contributed by atoms with E-state index >= 15 is 0 Å². The Labute approximate surface area is 138 Å². The van der Waals surface area contributed by atoms with Gasteiger partial charge in [-0.05, 0) is 30.3 Å². The molecule has 0 unspecified atom stereocenters. The van der Waals surface area contributed by atoms with Gasteiger partial charge in [-0.1, -0.05) is 11.3 Å². The van der Waals surface area contributed by atoms with Crippen LogP contribution in [0.5, 0.6) is 11.5 Å². The number of benzene rings is 1. The SMILES string of the molecule is COc1ccc2nc(N3CC(COc4cccnc4)C3)sc2c1. The number of hydrogen-bond donors (Lipinski definition) is 0. The lowest BCUT2D eigenvalue weighted by Gasteiger charge is -2.38. The number of nitrogens with zero attached hydrogens (tertiary/aromatic N) is 3. The summed E-state index contributed by atoms with van der Waals surface area (Å²) in [5, 5.41) is 1.07. The summed E-state index contributed by atoms with van der Waals surface area (Å²) >= 11 is 1.71. The van der Waals surface area contributed by atoms with Crippen molar-refractivity contribution in [3.63, 3.8) is 0 Å². The monoisotopic (exact) mass is 327 g/mol. The molecular formula is C17H17N3O2S. The van der Waals surface area contributed by atoms with Gasteiger partial charge in [0.05, 0.1) is 30.1 Å². The first-order valence-corrected chi connectivity index (χ1v) is 8.36. The molecule has 4 rings (SSSR count). The second-order valence-corrected chi connectivity index (χ2v) is 6.61. The molecule has 23 heavy (non-hydrogen) atoms. The first-order chi connectivity index (χ1) is 11.3. The molecule has 1 fully saturated rings. The van der Waals surface area contributed by atoms with Gasteiger partial charge in [0.1, 0.15) is 11.5 Å². The van der Waals surface area contributed by atoms with E-state index < -0.39 is 0 Å². The van der Waals surface area contributed by atoms with Crippen molar-refractivity contribution in [1.29, 1.82) is 0 Å². The first kappa shape index (κ1) is 14.3. The zero-order valence-corrected chi connectivity index (χ0v) is 13.6. The van der Waals surface area contributed by atoms with E-state index in [1.54, 1.807) is 30.8 Å². The van der Waals surface area contributed by atoms with Crippen LogP contribution < -0.4 is 14.4 Å². The molecule has 1 aliphatic heterocycles. The second-order valence-electron chi connectivity index (χ2n) is 5.60. The Morgan fingerprint density at radius 1 is 1.26 bits per heavy atom. The van der Waals surface area contributed by atoms with Crippen molar-refractivity contribution in [2.45, 2.75) is 0 Å². The average molecular weight is 327 g/mol. The summed E-state index contributed by atoms with van der Waals surface area (Å²) in [4.78, 5) is 11.1. The van der Waals surface area contributed by atoms with Crippen LogP contribution in [0.15, 0.2) is 42.7 Å². The van der Waals surface area contributed by atoms with Crippen LogP contribution in [-0.2, 0) is 0 Å². The van der Waals surface area contributed by atoms with Gasteiger partial charge in [-0.25, -0.2) is 4.98 Å². The predicted molar refractivity (Wildman–Crippen MR) is 91.6 cm³/mol. The number of hydrogen-bond acceptors (Lipinski definition) is 6. The Balaban J connectivity index is 1.36. The highest BCUT2D eigenvalue weighted by Gasteiger charge is 2.29. The number of rotatable bonds is 5. The largest absolute Gasteiger partial charge is 0.497 e. The van der Waals surface area contributed by atoms with Gasteiger partial charge in [0.25, 0.3) is 0 Å². The molecule has 1 saturated heterocycles. The van der Waals surface area contributed by atoms with Crippen LogP contribution in [0.2, 0.25) is 0 Å². The third-order valence-corrected chi connectivity index (χ3v) is 5.01. The Hall–Kier alpha value is -2.34. The Morgan fingerprint density at radius 3 is 2.96 bits per heavy atom. The van der Waals surface area contributed by atoms with Crippen molar-refractivity contribution in [2.24, 2.45) is 5.92 Å². The summed E-state index contributed by atoms with van der Waals surface area (Å²) < 4.78 is 12.2. The van der Waals surface area contributed by atoms with Crippen LogP contribution >= 0.6 is 11.3 Å². The number of fused-ring (bicyclic) bond motifs is 1. The molecule has 1 aliphatic rings. The molecule has 0 atom stereocenters. The number of aromatic nitrogens is 2. The van der Waals surface area contributed by atoms with Crippen molar-refractivity contribution < 1.29 is 9.47 Å². The standard InChI is InChI=1S/C17H17N3O2S/c1-21-13-4-5-15-16(7-13)23-17(19-15)20-9-12(10-20)11-22-14-3-2-6-18-8-14/h2-8,12H,9-11H2,1H3. The first-order valence-electron chi connectivity index (χ1n) is 7.54. The van der Waals surface area contributed by atoms with E-state index in [2.05, 4.69) is 9.88 Å². The molecule has 0 radical (unpaired) electrons. The predicted octanol–water partition coefficient (Wildman–Crippen LogP) is 3.22. The summed E-state index contributed by atoms with van der Waals surface area (Å²) in [6.07, 6.45) is 3.50. The summed E-state index contributed by atoms with van der Waals surface area (Å²) in [5.41, 5.74) is 1.03. The molecule has 0 saturated carbocycles. The number of thiazole rings is 1. The van der Waals surface area contributed by atoms with Gasteiger partial charge in [-0.3, -0.25) is 4.98 Å². The van der Waals surface area contributed by atoms with Crippen molar-refractivity contribution >= 4 is 26.7 Å².